The summed E-state index contributed by atoms with van der Waals surface area (Å²) < 4.78 is 5.05. The molecule has 1 fully saturated rings. The third-order valence-electron chi connectivity index (χ3n) is 4.29. The maximum absolute atomic E-state index is 6.10. The molecule has 8 heteroatoms. The molecular weight excluding hydrogens is 352 g/mol. The lowest BCUT2D eigenvalue weighted by Gasteiger charge is -2.36. The van der Waals surface area contributed by atoms with Crippen molar-refractivity contribution < 1.29 is 4.52 Å². The third kappa shape index (κ3) is 3.72. The van der Waals surface area contributed by atoms with E-state index in [9.17, 15) is 0 Å². The van der Waals surface area contributed by atoms with E-state index in [0.717, 1.165) is 48.5 Å². The predicted octanol–water partition coefficient (Wildman–Crippen LogP) is 3.50. The molecule has 7 nitrogen and oxygen atoms in total. The van der Waals surface area contributed by atoms with Gasteiger partial charge in [-0.1, -0.05) is 22.8 Å². The van der Waals surface area contributed by atoms with E-state index in [4.69, 9.17) is 16.1 Å². The van der Waals surface area contributed by atoms with Crippen LogP contribution in [0.1, 0.15) is 5.76 Å². The second-order valence-electron chi connectivity index (χ2n) is 6.14. The minimum atomic E-state index is 0.507. The van der Waals surface area contributed by atoms with E-state index >= 15 is 0 Å². The van der Waals surface area contributed by atoms with Crippen molar-refractivity contribution in [3.8, 4) is 0 Å². The van der Waals surface area contributed by atoms with Crippen LogP contribution in [0.25, 0.3) is 0 Å². The van der Waals surface area contributed by atoms with Gasteiger partial charge in [0.1, 0.15) is 11.6 Å². The molecule has 0 atom stereocenters. The lowest BCUT2D eigenvalue weighted by Crippen LogP contribution is -2.46. The van der Waals surface area contributed by atoms with Crippen LogP contribution in [-0.4, -0.2) is 41.3 Å². The van der Waals surface area contributed by atoms with Gasteiger partial charge < -0.3 is 19.6 Å². The molecule has 0 unspecified atom stereocenters. The molecule has 0 saturated carbocycles. The quantitative estimate of drug-likeness (QED) is 0.753. The number of nitrogens with one attached hydrogen (secondary N) is 1. The molecule has 1 saturated heterocycles. The largest absolute Gasteiger partial charge is 0.368 e. The number of rotatable bonds is 4. The van der Waals surface area contributed by atoms with E-state index in [1.54, 1.807) is 12.3 Å². The molecule has 1 aliphatic rings. The van der Waals surface area contributed by atoms with E-state index in [1.165, 1.54) is 0 Å². The summed E-state index contributed by atoms with van der Waals surface area (Å²) in [4.78, 5) is 13.4. The van der Waals surface area contributed by atoms with Gasteiger partial charge in [-0.15, -0.1) is 0 Å². The minimum Gasteiger partial charge on any atom is -0.368 e. The molecule has 0 aliphatic carbocycles. The number of nitrogens with zero attached hydrogens (tertiary/aromatic N) is 5. The molecule has 26 heavy (non-hydrogen) atoms. The van der Waals surface area contributed by atoms with Gasteiger partial charge in [0.05, 0.1) is 0 Å². The maximum Gasteiger partial charge on any atom is 0.230 e. The zero-order chi connectivity index (χ0) is 17.9. The summed E-state index contributed by atoms with van der Waals surface area (Å²) in [5.74, 6) is 2.74. The van der Waals surface area contributed by atoms with Crippen LogP contribution >= 0.6 is 11.6 Å². The number of anilines is 4. The Balaban J connectivity index is 1.42. The van der Waals surface area contributed by atoms with E-state index in [0.29, 0.717) is 11.8 Å². The first-order chi connectivity index (χ1) is 12.7. The van der Waals surface area contributed by atoms with Crippen molar-refractivity contribution >= 4 is 34.9 Å². The minimum absolute atomic E-state index is 0.507. The second-order valence-corrected chi connectivity index (χ2v) is 6.58. The van der Waals surface area contributed by atoms with Gasteiger partial charge in [0, 0.05) is 49.2 Å². The Bertz CT molecular complexity index is 891. The zero-order valence-electron chi connectivity index (χ0n) is 14.4. The first-order valence-electron chi connectivity index (χ1n) is 8.46. The van der Waals surface area contributed by atoms with Crippen LogP contribution in [0.5, 0.6) is 0 Å². The number of halogens is 1. The highest BCUT2D eigenvalue weighted by atomic mass is 35.5. The third-order valence-corrected chi connectivity index (χ3v) is 4.52. The van der Waals surface area contributed by atoms with Crippen LogP contribution in [-0.2, 0) is 0 Å². The summed E-state index contributed by atoms with van der Waals surface area (Å²) in [6.45, 7) is 5.43. The number of aromatic nitrogens is 3. The maximum atomic E-state index is 6.10. The van der Waals surface area contributed by atoms with Crippen LogP contribution in [0, 0.1) is 6.92 Å². The standard InChI is InChI=1S/C18H19ClN6O/c1-13-11-16(23-26-13)21-18-20-6-5-17(22-18)25-9-7-24(8-10-25)15-4-2-3-14(19)12-15/h2-6,11-12H,7-10H2,1H3,(H,20,21,22,23). The van der Waals surface area contributed by atoms with E-state index in [1.807, 2.05) is 31.2 Å². The van der Waals surface area contributed by atoms with Crippen molar-refractivity contribution in [3.63, 3.8) is 0 Å². The smallest absolute Gasteiger partial charge is 0.230 e. The first-order valence-corrected chi connectivity index (χ1v) is 8.84. The molecule has 4 rings (SSSR count). The fourth-order valence-electron chi connectivity index (χ4n) is 2.99. The molecular formula is C18H19ClN6O. The van der Waals surface area contributed by atoms with Crippen molar-refractivity contribution in [1.29, 1.82) is 0 Å². The number of benzene rings is 1. The van der Waals surface area contributed by atoms with E-state index < -0.39 is 0 Å². The number of piperazine rings is 1. The molecule has 1 aliphatic heterocycles. The highest BCUT2D eigenvalue weighted by molar-refractivity contribution is 6.30. The number of hydrogen-bond donors (Lipinski definition) is 1. The van der Waals surface area contributed by atoms with Crippen molar-refractivity contribution in [2.45, 2.75) is 6.92 Å². The van der Waals surface area contributed by atoms with Gasteiger partial charge in [-0.3, -0.25) is 0 Å². The lowest BCUT2D eigenvalue weighted by molar-refractivity contribution is 0.400. The van der Waals surface area contributed by atoms with Gasteiger partial charge in [-0.05, 0) is 31.2 Å². The Morgan fingerprint density at radius 2 is 1.88 bits per heavy atom. The van der Waals surface area contributed by atoms with Crippen LogP contribution in [0.3, 0.4) is 0 Å². The van der Waals surface area contributed by atoms with Gasteiger partial charge >= 0.3 is 0 Å². The summed E-state index contributed by atoms with van der Waals surface area (Å²) in [6, 6.07) is 11.7. The summed E-state index contributed by atoms with van der Waals surface area (Å²) in [6.07, 6.45) is 1.75. The molecule has 1 N–H and O–H groups in total. The van der Waals surface area contributed by atoms with Gasteiger partial charge in [-0.2, -0.15) is 4.98 Å². The molecule has 0 amide bonds. The molecule has 2 aromatic heterocycles. The highest BCUT2D eigenvalue weighted by Crippen LogP contribution is 2.23. The van der Waals surface area contributed by atoms with Crippen molar-refractivity contribution in [2.24, 2.45) is 0 Å². The normalized spacial score (nSPS) is 14.5. The summed E-state index contributed by atoms with van der Waals surface area (Å²) in [7, 11) is 0. The summed E-state index contributed by atoms with van der Waals surface area (Å²) >= 11 is 6.10. The van der Waals surface area contributed by atoms with Gasteiger partial charge in [0.2, 0.25) is 5.95 Å². The Kier molecular flexibility index (Phi) is 4.62. The Morgan fingerprint density at radius 1 is 1.08 bits per heavy atom. The Hall–Kier alpha value is -2.80. The molecule has 134 valence electrons. The topological polar surface area (TPSA) is 70.3 Å². The molecule has 0 spiro atoms. The lowest BCUT2D eigenvalue weighted by atomic mass is 10.2. The average molecular weight is 371 g/mol. The van der Waals surface area contributed by atoms with Gasteiger partial charge in [-0.25, -0.2) is 4.98 Å². The average Bonchev–Trinajstić information content (AvgIpc) is 3.07. The van der Waals surface area contributed by atoms with Crippen LogP contribution in [0.2, 0.25) is 5.02 Å². The van der Waals surface area contributed by atoms with Crippen molar-refractivity contribution in [1.82, 2.24) is 15.1 Å². The van der Waals surface area contributed by atoms with Crippen LogP contribution in [0.15, 0.2) is 47.1 Å². The zero-order valence-corrected chi connectivity index (χ0v) is 15.1. The van der Waals surface area contributed by atoms with Crippen LogP contribution < -0.4 is 15.1 Å². The van der Waals surface area contributed by atoms with Crippen LogP contribution in [0.4, 0.5) is 23.3 Å². The highest BCUT2D eigenvalue weighted by Gasteiger charge is 2.19. The Labute approximate surface area is 156 Å². The molecule has 3 heterocycles. The fraction of sp³-hybridized carbons (Fsp3) is 0.278. The number of hydrogen-bond acceptors (Lipinski definition) is 7. The SMILES string of the molecule is Cc1cc(Nc2nccc(N3CCN(c4cccc(Cl)c4)CC3)n2)no1. The summed E-state index contributed by atoms with van der Waals surface area (Å²) in [5, 5.41) is 7.74. The molecule has 3 aromatic rings. The first kappa shape index (κ1) is 16.7. The van der Waals surface area contributed by atoms with Gasteiger partial charge in [0.15, 0.2) is 5.82 Å². The summed E-state index contributed by atoms with van der Waals surface area (Å²) in [5.41, 5.74) is 1.16. The van der Waals surface area contributed by atoms with Crippen molar-refractivity contribution in [2.75, 3.05) is 41.3 Å². The molecule has 0 bridgehead atoms. The van der Waals surface area contributed by atoms with E-state index in [-0.39, 0.29) is 0 Å². The molecule has 1 aromatic carbocycles. The van der Waals surface area contributed by atoms with E-state index in [2.05, 4.69) is 36.3 Å². The van der Waals surface area contributed by atoms with Gasteiger partial charge in [0.25, 0.3) is 0 Å². The number of aryl methyl sites for hydroxylation is 1. The monoisotopic (exact) mass is 370 g/mol. The fourth-order valence-corrected chi connectivity index (χ4v) is 3.18. The molecule has 0 radical (unpaired) electrons. The second kappa shape index (κ2) is 7.21. The predicted molar refractivity (Wildman–Crippen MR) is 102 cm³/mol. The Morgan fingerprint density at radius 3 is 2.62 bits per heavy atom. The van der Waals surface area contributed by atoms with Crippen molar-refractivity contribution in [3.05, 3.63) is 53.4 Å².